The summed E-state index contributed by atoms with van der Waals surface area (Å²) in [4.78, 5) is 3.36. The summed E-state index contributed by atoms with van der Waals surface area (Å²) >= 11 is 0. The predicted molar refractivity (Wildman–Crippen MR) is 72.6 cm³/mol. The highest BCUT2D eigenvalue weighted by molar-refractivity contribution is 5.84. The van der Waals surface area contributed by atoms with Gasteiger partial charge in [-0.2, -0.15) is 0 Å². The molecule has 0 saturated carbocycles. The quantitative estimate of drug-likeness (QED) is 0.670. The minimum Gasteiger partial charge on any atom is -0.361 e. The standard InChI is InChI=1S/C15H15N3/c1-2-5-13-11(4-1)12(10-17-13)15-14-6-3-8-18(14)9-7-16-15/h1-6,8,10,15-17H,7,9H2. The first-order valence-electron chi connectivity index (χ1n) is 6.38. The van der Waals surface area contributed by atoms with Crippen molar-refractivity contribution < 1.29 is 0 Å². The van der Waals surface area contributed by atoms with Gasteiger partial charge in [-0.1, -0.05) is 18.2 Å². The molecule has 3 aromatic rings. The first kappa shape index (κ1) is 9.97. The van der Waals surface area contributed by atoms with Crippen molar-refractivity contribution in [1.29, 1.82) is 0 Å². The Balaban J connectivity index is 1.90. The number of hydrogen-bond donors (Lipinski definition) is 2. The number of para-hydroxylation sites is 1. The van der Waals surface area contributed by atoms with E-state index in [1.165, 1.54) is 22.2 Å². The lowest BCUT2D eigenvalue weighted by Crippen LogP contribution is -2.33. The van der Waals surface area contributed by atoms with Gasteiger partial charge in [0.2, 0.25) is 0 Å². The lowest BCUT2D eigenvalue weighted by molar-refractivity contribution is 0.469. The van der Waals surface area contributed by atoms with Gasteiger partial charge in [-0.15, -0.1) is 0 Å². The Morgan fingerprint density at radius 3 is 3.06 bits per heavy atom. The van der Waals surface area contributed by atoms with Gasteiger partial charge in [0, 0.05) is 47.6 Å². The molecular formula is C15H15N3. The molecule has 0 bridgehead atoms. The van der Waals surface area contributed by atoms with Crippen LogP contribution in [0.25, 0.3) is 10.9 Å². The van der Waals surface area contributed by atoms with Crippen molar-refractivity contribution in [2.24, 2.45) is 0 Å². The number of hydrogen-bond acceptors (Lipinski definition) is 1. The molecular weight excluding hydrogens is 222 g/mol. The van der Waals surface area contributed by atoms with Crippen LogP contribution in [0.1, 0.15) is 17.3 Å². The van der Waals surface area contributed by atoms with E-state index in [0.717, 1.165) is 13.1 Å². The molecule has 2 aromatic heterocycles. The fourth-order valence-electron chi connectivity index (χ4n) is 2.93. The average Bonchev–Trinajstić information content (AvgIpc) is 3.05. The van der Waals surface area contributed by atoms with E-state index in [2.05, 4.69) is 63.7 Å². The van der Waals surface area contributed by atoms with E-state index >= 15 is 0 Å². The minimum atomic E-state index is 0.296. The van der Waals surface area contributed by atoms with Crippen LogP contribution < -0.4 is 5.32 Å². The number of H-pyrrole nitrogens is 1. The number of fused-ring (bicyclic) bond motifs is 2. The first-order chi connectivity index (χ1) is 8.93. The summed E-state index contributed by atoms with van der Waals surface area (Å²) in [6, 6.07) is 13.1. The molecule has 2 N–H and O–H groups in total. The van der Waals surface area contributed by atoms with Crippen molar-refractivity contribution in [1.82, 2.24) is 14.9 Å². The number of nitrogens with zero attached hydrogens (tertiary/aromatic N) is 1. The summed E-state index contributed by atoms with van der Waals surface area (Å²) < 4.78 is 2.34. The summed E-state index contributed by atoms with van der Waals surface area (Å²) in [6.45, 7) is 2.08. The number of nitrogens with one attached hydrogen (secondary N) is 2. The summed E-state index contributed by atoms with van der Waals surface area (Å²) in [5.41, 5.74) is 3.90. The monoisotopic (exact) mass is 237 g/mol. The molecule has 0 amide bonds. The molecule has 1 aromatic carbocycles. The first-order valence-corrected chi connectivity index (χ1v) is 6.38. The van der Waals surface area contributed by atoms with Gasteiger partial charge in [0.05, 0.1) is 6.04 Å². The van der Waals surface area contributed by atoms with Crippen LogP contribution in [0.4, 0.5) is 0 Å². The molecule has 0 radical (unpaired) electrons. The third-order valence-electron chi connectivity index (χ3n) is 3.79. The SMILES string of the molecule is c1ccc2c(C3NCCn4cccc43)c[nH]c2c1. The molecule has 4 rings (SSSR count). The smallest absolute Gasteiger partial charge is 0.0752 e. The zero-order valence-corrected chi connectivity index (χ0v) is 10.1. The number of rotatable bonds is 1. The molecule has 3 heterocycles. The number of aromatic nitrogens is 2. The predicted octanol–water partition coefficient (Wildman–Crippen LogP) is 2.66. The van der Waals surface area contributed by atoms with E-state index in [4.69, 9.17) is 0 Å². The van der Waals surface area contributed by atoms with Gasteiger partial charge in [0.15, 0.2) is 0 Å². The maximum atomic E-state index is 3.62. The maximum Gasteiger partial charge on any atom is 0.0752 e. The topological polar surface area (TPSA) is 32.8 Å². The molecule has 0 spiro atoms. The van der Waals surface area contributed by atoms with Crippen LogP contribution in [-0.4, -0.2) is 16.1 Å². The van der Waals surface area contributed by atoms with Crippen molar-refractivity contribution in [3.8, 4) is 0 Å². The Morgan fingerprint density at radius 2 is 2.06 bits per heavy atom. The van der Waals surface area contributed by atoms with Gasteiger partial charge in [0.1, 0.15) is 0 Å². The highest BCUT2D eigenvalue weighted by Crippen LogP contribution is 2.30. The molecule has 18 heavy (non-hydrogen) atoms. The average molecular weight is 237 g/mol. The van der Waals surface area contributed by atoms with E-state index < -0.39 is 0 Å². The lowest BCUT2D eigenvalue weighted by Gasteiger charge is -2.26. The number of aromatic amines is 1. The second-order valence-corrected chi connectivity index (χ2v) is 4.80. The van der Waals surface area contributed by atoms with E-state index in [-0.39, 0.29) is 0 Å². The Bertz CT molecular complexity index is 692. The van der Waals surface area contributed by atoms with Crippen LogP contribution in [0.5, 0.6) is 0 Å². The highest BCUT2D eigenvalue weighted by Gasteiger charge is 2.22. The van der Waals surface area contributed by atoms with Gasteiger partial charge in [-0.3, -0.25) is 0 Å². The van der Waals surface area contributed by atoms with E-state index in [1.54, 1.807) is 0 Å². The van der Waals surface area contributed by atoms with Crippen LogP contribution >= 0.6 is 0 Å². The fraction of sp³-hybridized carbons (Fsp3) is 0.200. The second-order valence-electron chi connectivity index (χ2n) is 4.80. The zero-order valence-electron chi connectivity index (χ0n) is 10.1. The summed E-state index contributed by atoms with van der Waals surface area (Å²) in [7, 11) is 0. The van der Waals surface area contributed by atoms with Crippen molar-refractivity contribution in [3.63, 3.8) is 0 Å². The van der Waals surface area contributed by atoms with Gasteiger partial charge in [-0.05, 0) is 18.2 Å². The third kappa shape index (κ3) is 1.34. The normalized spacial score (nSPS) is 19.0. The summed E-state index contributed by atoms with van der Waals surface area (Å²) in [6.07, 6.45) is 4.29. The van der Waals surface area contributed by atoms with Crippen molar-refractivity contribution in [3.05, 3.63) is 60.0 Å². The Morgan fingerprint density at radius 1 is 1.11 bits per heavy atom. The van der Waals surface area contributed by atoms with Crippen LogP contribution in [0, 0.1) is 0 Å². The van der Waals surface area contributed by atoms with E-state index in [1.807, 2.05) is 0 Å². The van der Waals surface area contributed by atoms with E-state index in [0.29, 0.717) is 6.04 Å². The maximum absolute atomic E-state index is 3.62. The lowest BCUT2D eigenvalue weighted by atomic mass is 10.0. The van der Waals surface area contributed by atoms with E-state index in [9.17, 15) is 0 Å². The summed E-state index contributed by atoms with van der Waals surface area (Å²) in [5, 5.41) is 4.92. The summed E-state index contributed by atoms with van der Waals surface area (Å²) in [5.74, 6) is 0. The molecule has 1 aliphatic rings. The van der Waals surface area contributed by atoms with Crippen molar-refractivity contribution in [2.75, 3.05) is 6.54 Å². The number of benzene rings is 1. The molecule has 90 valence electrons. The Kier molecular flexibility index (Phi) is 2.08. The third-order valence-corrected chi connectivity index (χ3v) is 3.79. The van der Waals surface area contributed by atoms with Crippen LogP contribution in [0.3, 0.4) is 0 Å². The minimum absolute atomic E-state index is 0.296. The second kappa shape index (κ2) is 3.75. The zero-order chi connectivity index (χ0) is 11.9. The Hall–Kier alpha value is -2.00. The molecule has 0 fully saturated rings. The fourth-order valence-corrected chi connectivity index (χ4v) is 2.93. The Labute approximate surface area is 105 Å². The molecule has 1 atom stereocenters. The van der Waals surface area contributed by atoms with Gasteiger partial charge >= 0.3 is 0 Å². The highest BCUT2D eigenvalue weighted by atomic mass is 15.1. The van der Waals surface area contributed by atoms with Crippen molar-refractivity contribution >= 4 is 10.9 Å². The molecule has 3 heteroatoms. The van der Waals surface area contributed by atoms with Crippen molar-refractivity contribution in [2.45, 2.75) is 12.6 Å². The van der Waals surface area contributed by atoms with Gasteiger partial charge in [-0.25, -0.2) is 0 Å². The molecule has 0 saturated heterocycles. The van der Waals surface area contributed by atoms with Gasteiger partial charge < -0.3 is 14.9 Å². The molecule has 1 unspecified atom stereocenters. The van der Waals surface area contributed by atoms with Crippen LogP contribution in [0.15, 0.2) is 48.8 Å². The van der Waals surface area contributed by atoms with Gasteiger partial charge in [0.25, 0.3) is 0 Å². The molecule has 3 nitrogen and oxygen atoms in total. The molecule has 1 aliphatic heterocycles. The van der Waals surface area contributed by atoms with Crippen LogP contribution in [0.2, 0.25) is 0 Å². The molecule has 0 aliphatic carbocycles. The van der Waals surface area contributed by atoms with Crippen LogP contribution in [-0.2, 0) is 6.54 Å². The largest absolute Gasteiger partial charge is 0.361 e.